The van der Waals surface area contributed by atoms with Crippen LogP contribution in [0.25, 0.3) is 10.8 Å². The van der Waals surface area contributed by atoms with Gasteiger partial charge in [0.25, 0.3) is 11.8 Å². The molecule has 1 fully saturated rings. The van der Waals surface area contributed by atoms with Crippen LogP contribution in [0.2, 0.25) is 5.02 Å². The molecule has 1 saturated heterocycles. The van der Waals surface area contributed by atoms with Crippen LogP contribution < -0.4 is 10.2 Å². The monoisotopic (exact) mass is 494 g/mol. The summed E-state index contributed by atoms with van der Waals surface area (Å²) in [6, 6.07) is 15.6. The highest BCUT2D eigenvalue weighted by molar-refractivity contribution is 6.32. The number of hydrazone groups is 1. The van der Waals surface area contributed by atoms with Gasteiger partial charge in [0, 0.05) is 36.1 Å². The van der Waals surface area contributed by atoms with Crippen molar-refractivity contribution in [2.45, 2.75) is 12.5 Å². The first kappa shape index (κ1) is 24.5. The van der Waals surface area contributed by atoms with Crippen molar-refractivity contribution in [3.05, 3.63) is 70.7 Å². The molecule has 1 unspecified atom stereocenters. The number of likely N-dealkylation sites (tertiary alicyclic amines) is 1. The van der Waals surface area contributed by atoms with Crippen LogP contribution in [0.5, 0.6) is 11.5 Å². The van der Waals surface area contributed by atoms with Crippen molar-refractivity contribution >= 4 is 40.4 Å². The fraction of sp³-hybridized carbons (Fsp3) is 0.269. The van der Waals surface area contributed by atoms with E-state index in [1.165, 1.54) is 18.2 Å². The third-order valence-corrected chi connectivity index (χ3v) is 6.46. The predicted octanol–water partition coefficient (Wildman–Crippen LogP) is 3.50. The van der Waals surface area contributed by atoms with Crippen LogP contribution in [0, 0.1) is 0 Å². The zero-order valence-corrected chi connectivity index (χ0v) is 20.3. The van der Waals surface area contributed by atoms with E-state index in [4.69, 9.17) is 16.3 Å². The molecule has 0 aliphatic carbocycles. The average molecular weight is 495 g/mol. The van der Waals surface area contributed by atoms with Crippen LogP contribution in [0.1, 0.15) is 22.3 Å². The number of carbonyl (C=O) groups is 2. The van der Waals surface area contributed by atoms with Gasteiger partial charge in [-0.1, -0.05) is 35.9 Å². The number of nitrogens with one attached hydrogen (secondary N) is 1. The lowest BCUT2D eigenvalue weighted by Crippen LogP contribution is -2.41. The van der Waals surface area contributed by atoms with Crippen LogP contribution in [0.3, 0.4) is 0 Å². The number of halogens is 1. The number of fused-ring (bicyclic) bond motifs is 1. The van der Waals surface area contributed by atoms with Gasteiger partial charge < -0.3 is 19.6 Å². The lowest BCUT2D eigenvalue weighted by atomic mass is 10.0. The van der Waals surface area contributed by atoms with E-state index < -0.39 is 5.91 Å². The summed E-state index contributed by atoms with van der Waals surface area (Å²) in [4.78, 5) is 29.0. The second-order valence-corrected chi connectivity index (χ2v) is 8.97. The molecule has 8 nitrogen and oxygen atoms in total. The van der Waals surface area contributed by atoms with Gasteiger partial charge in [0.05, 0.1) is 11.2 Å². The van der Waals surface area contributed by atoms with Gasteiger partial charge in [-0.3, -0.25) is 9.59 Å². The fourth-order valence-corrected chi connectivity index (χ4v) is 4.26. The molecular weight excluding hydrogens is 468 g/mol. The fourth-order valence-electron chi connectivity index (χ4n) is 4.08. The minimum atomic E-state index is -0.455. The highest BCUT2D eigenvalue weighted by Crippen LogP contribution is 2.28. The SMILES string of the molecule is CN1CCC(N(C)C(=O)COc2ccc(/C=N/NC(=O)c3ccc(O)c(Cl)c3)c3ccccc23)C1. The molecule has 0 spiro atoms. The first-order valence-corrected chi connectivity index (χ1v) is 11.6. The number of carbonyl (C=O) groups excluding carboxylic acids is 2. The van der Waals surface area contributed by atoms with Gasteiger partial charge in [-0.2, -0.15) is 5.10 Å². The molecule has 9 heteroatoms. The minimum absolute atomic E-state index is 0.0423. The normalized spacial score (nSPS) is 16.0. The minimum Gasteiger partial charge on any atom is -0.506 e. The second-order valence-electron chi connectivity index (χ2n) is 8.56. The zero-order valence-electron chi connectivity index (χ0n) is 19.6. The molecule has 0 bridgehead atoms. The molecule has 3 aromatic rings. The number of hydrogen-bond donors (Lipinski definition) is 2. The number of benzene rings is 3. The molecule has 1 atom stereocenters. The molecule has 1 heterocycles. The first-order valence-electron chi connectivity index (χ1n) is 11.2. The van der Waals surface area contributed by atoms with Crippen molar-refractivity contribution in [2.75, 3.05) is 33.8 Å². The molecule has 182 valence electrons. The van der Waals surface area contributed by atoms with Crippen molar-refractivity contribution < 1.29 is 19.4 Å². The average Bonchev–Trinajstić information content (AvgIpc) is 3.30. The Balaban J connectivity index is 1.44. The molecule has 4 rings (SSSR count). The Hall–Kier alpha value is -3.62. The van der Waals surface area contributed by atoms with Crippen molar-refractivity contribution in [2.24, 2.45) is 5.10 Å². The van der Waals surface area contributed by atoms with Gasteiger partial charge in [0.2, 0.25) is 0 Å². The van der Waals surface area contributed by atoms with Gasteiger partial charge in [0.15, 0.2) is 6.61 Å². The number of ether oxygens (including phenoxy) is 1. The van der Waals surface area contributed by atoms with Gasteiger partial charge in [-0.05, 0) is 55.7 Å². The Kier molecular flexibility index (Phi) is 7.53. The molecule has 2 amide bonds. The number of phenols is 1. The molecule has 0 aromatic heterocycles. The van der Waals surface area contributed by atoms with E-state index in [0.29, 0.717) is 5.75 Å². The number of likely N-dealkylation sites (N-methyl/N-ethyl adjacent to an activating group) is 2. The van der Waals surface area contributed by atoms with Gasteiger partial charge in [-0.15, -0.1) is 0 Å². The number of nitrogens with zero attached hydrogens (tertiary/aromatic N) is 3. The van der Waals surface area contributed by atoms with E-state index in [2.05, 4.69) is 22.5 Å². The number of amides is 2. The summed E-state index contributed by atoms with van der Waals surface area (Å²) >= 11 is 5.86. The maximum Gasteiger partial charge on any atom is 0.271 e. The lowest BCUT2D eigenvalue weighted by Gasteiger charge is -2.24. The second kappa shape index (κ2) is 10.8. The number of rotatable bonds is 7. The maximum absolute atomic E-state index is 12.7. The highest BCUT2D eigenvalue weighted by atomic mass is 35.5. The standard InChI is InChI=1S/C26H27ClN4O4/c1-30-12-11-19(15-30)31(2)25(33)16-35-24-10-8-18(20-5-3-4-6-21(20)24)14-28-29-26(34)17-7-9-23(32)22(27)13-17/h3-10,13-14,19,32H,11-12,15-16H2,1-2H3,(H,29,34)/b28-14+. The van der Waals surface area contributed by atoms with E-state index in [1.54, 1.807) is 17.2 Å². The third kappa shape index (κ3) is 5.72. The van der Waals surface area contributed by atoms with Gasteiger partial charge in [0.1, 0.15) is 11.5 Å². The Morgan fingerprint density at radius 3 is 2.71 bits per heavy atom. The van der Waals surface area contributed by atoms with Crippen LogP contribution in [-0.2, 0) is 4.79 Å². The molecule has 35 heavy (non-hydrogen) atoms. The molecule has 2 N–H and O–H groups in total. The van der Waals surface area contributed by atoms with Crippen LogP contribution in [0.4, 0.5) is 0 Å². The van der Waals surface area contributed by atoms with E-state index in [0.717, 1.165) is 35.8 Å². The highest BCUT2D eigenvalue weighted by Gasteiger charge is 2.26. The summed E-state index contributed by atoms with van der Waals surface area (Å²) in [6.45, 7) is 1.81. The number of aromatic hydroxyl groups is 1. The molecule has 1 aliphatic rings. The third-order valence-electron chi connectivity index (χ3n) is 6.16. The Bertz CT molecular complexity index is 1280. The summed E-state index contributed by atoms with van der Waals surface area (Å²) in [5.74, 6) is -0.00800. The first-order chi connectivity index (χ1) is 16.8. The summed E-state index contributed by atoms with van der Waals surface area (Å²) < 4.78 is 5.91. The largest absolute Gasteiger partial charge is 0.506 e. The molecule has 0 saturated carbocycles. The Morgan fingerprint density at radius 1 is 1.23 bits per heavy atom. The summed E-state index contributed by atoms with van der Waals surface area (Å²) in [7, 11) is 3.88. The molecular formula is C26H27ClN4O4. The van der Waals surface area contributed by atoms with Crippen LogP contribution in [-0.4, -0.2) is 72.8 Å². The zero-order chi connectivity index (χ0) is 24.9. The molecule has 0 radical (unpaired) electrons. The van der Waals surface area contributed by atoms with Gasteiger partial charge in [-0.25, -0.2) is 5.43 Å². The van der Waals surface area contributed by atoms with E-state index in [1.807, 2.05) is 37.4 Å². The Labute approximate surface area is 208 Å². The maximum atomic E-state index is 12.7. The summed E-state index contributed by atoms with van der Waals surface area (Å²) in [5, 5.41) is 15.4. The number of phenolic OH excluding ortho intramolecular Hbond substituents is 1. The molecule has 3 aromatic carbocycles. The quantitative estimate of drug-likeness (QED) is 0.387. The van der Waals surface area contributed by atoms with Crippen molar-refractivity contribution in [3.8, 4) is 11.5 Å². The van der Waals surface area contributed by atoms with E-state index >= 15 is 0 Å². The predicted molar refractivity (Wildman–Crippen MR) is 136 cm³/mol. The van der Waals surface area contributed by atoms with Crippen LogP contribution in [0.15, 0.2) is 59.7 Å². The van der Waals surface area contributed by atoms with Crippen molar-refractivity contribution in [3.63, 3.8) is 0 Å². The van der Waals surface area contributed by atoms with Crippen molar-refractivity contribution in [1.82, 2.24) is 15.2 Å². The summed E-state index contributed by atoms with van der Waals surface area (Å²) in [6.07, 6.45) is 2.51. The lowest BCUT2D eigenvalue weighted by molar-refractivity contribution is -0.133. The van der Waals surface area contributed by atoms with Crippen LogP contribution >= 0.6 is 11.6 Å². The summed E-state index contributed by atoms with van der Waals surface area (Å²) in [5.41, 5.74) is 3.51. The smallest absolute Gasteiger partial charge is 0.271 e. The van der Waals surface area contributed by atoms with Gasteiger partial charge >= 0.3 is 0 Å². The Morgan fingerprint density at radius 2 is 2.00 bits per heavy atom. The number of hydrogen-bond acceptors (Lipinski definition) is 6. The van der Waals surface area contributed by atoms with Crippen molar-refractivity contribution in [1.29, 1.82) is 0 Å². The van der Waals surface area contributed by atoms with E-state index in [-0.39, 0.29) is 34.9 Å². The van der Waals surface area contributed by atoms with E-state index in [9.17, 15) is 14.7 Å². The molecule has 1 aliphatic heterocycles. The topological polar surface area (TPSA) is 94.5 Å².